The van der Waals surface area contributed by atoms with E-state index in [2.05, 4.69) is 43.1 Å². The Morgan fingerprint density at radius 1 is 1.17 bits per heavy atom. The number of nitrogens with zero attached hydrogens (tertiary/aromatic N) is 2. The first-order chi connectivity index (χ1) is 11.1. The maximum atomic E-state index is 6.45. The quantitative estimate of drug-likeness (QED) is 0.890. The first-order valence-corrected chi connectivity index (χ1v) is 8.36. The van der Waals surface area contributed by atoms with Gasteiger partial charge in [0.2, 0.25) is 0 Å². The van der Waals surface area contributed by atoms with Crippen LogP contribution in [0.3, 0.4) is 0 Å². The second-order valence-corrected chi connectivity index (χ2v) is 6.42. The molecule has 3 rings (SSSR count). The number of hydrogen-bond donors (Lipinski definition) is 1. The van der Waals surface area contributed by atoms with Gasteiger partial charge in [-0.2, -0.15) is 5.10 Å². The van der Waals surface area contributed by atoms with Gasteiger partial charge >= 0.3 is 0 Å². The highest BCUT2D eigenvalue weighted by Gasteiger charge is 2.30. The minimum Gasteiger partial charge on any atom is -0.330 e. The Kier molecular flexibility index (Phi) is 4.69. The predicted octanol–water partition coefficient (Wildman–Crippen LogP) is 4.61. The summed E-state index contributed by atoms with van der Waals surface area (Å²) in [5, 5.41) is 7.77. The maximum Gasteiger partial charge on any atom is 0.0842 e. The molecule has 1 aliphatic heterocycles. The van der Waals surface area contributed by atoms with Gasteiger partial charge in [-0.25, -0.2) is 0 Å². The van der Waals surface area contributed by atoms with Gasteiger partial charge in [-0.15, -0.1) is 0 Å². The molecule has 0 amide bonds. The number of aryl methyl sites for hydroxylation is 1. The van der Waals surface area contributed by atoms with Crippen LogP contribution >= 0.6 is 11.6 Å². The number of benzene rings is 2. The molecule has 0 spiro atoms. The Morgan fingerprint density at radius 3 is 2.70 bits per heavy atom. The molecule has 3 nitrogen and oxygen atoms in total. The Labute approximate surface area is 142 Å². The Hall–Kier alpha value is -1.84. The average molecular weight is 328 g/mol. The summed E-state index contributed by atoms with van der Waals surface area (Å²) >= 11 is 6.45. The van der Waals surface area contributed by atoms with Crippen molar-refractivity contribution in [1.82, 2.24) is 0 Å². The predicted molar refractivity (Wildman–Crippen MR) is 98.3 cm³/mol. The average Bonchev–Trinajstić information content (AvgIpc) is 2.94. The molecule has 1 unspecified atom stereocenters. The smallest absolute Gasteiger partial charge is 0.0842 e. The number of halogens is 1. The molecular formula is C19H22ClN3. The van der Waals surface area contributed by atoms with Crippen molar-refractivity contribution in [3.05, 3.63) is 64.2 Å². The summed E-state index contributed by atoms with van der Waals surface area (Å²) in [5.41, 5.74) is 11.6. The fraction of sp³-hybridized carbons (Fsp3) is 0.316. The van der Waals surface area contributed by atoms with Crippen molar-refractivity contribution in [2.75, 3.05) is 11.6 Å². The van der Waals surface area contributed by atoms with Crippen molar-refractivity contribution in [2.45, 2.75) is 32.7 Å². The van der Waals surface area contributed by atoms with E-state index in [-0.39, 0.29) is 6.04 Å². The van der Waals surface area contributed by atoms with Crippen molar-refractivity contribution < 1.29 is 0 Å². The van der Waals surface area contributed by atoms with Gasteiger partial charge in [-0.05, 0) is 55.6 Å². The van der Waals surface area contributed by atoms with E-state index in [0.717, 1.165) is 34.8 Å². The van der Waals surface area contributed by atoms with Crippen LogP contribution in [0, 0.1) is 13.8 Å². The standard InChI is InChI=1S/C19H22ClN3/c1-13-6-5-9-18(14(13)2)23-19(12-15(22-23)10-11-21)16-7-3-4-8-17(16)20/h3-9,19H,10-12,21H2,1-2H3. The molecule has 0 bridgehead atoms. The van der Waals surface area contributed by atoms with E-state index in [1.54, 1.807) is 0 Å². The second kappa shape index (κ2) is 6.73. The van der Waals surface area contributed by atoms with Gasteiger partial charge in [0.1, 0.15) is 0 Å². The van der Waals surface area contributed by atoms with E-state index >= 15 is 0 Å². The third kappa shape index (κ3) is 3.12. The van der Waals surface area contributed by atoms with Gasteiger partial charge in [-0.1, -0.05) is 41.9 Å². The van der Waals surface area contributed by atoms with Crippen LogP contribution in [-0.2, 0) is 0 Å². The molecule has 0 radical (unpaired) electrons. The highest BCUT2D eigenvalue weighted by molar-refractivity contribution is 6.31. The lowest BCUT2D eigenvalue weighted by atomic mass is 9.99. The zero-order valence-electron chi connectivity index (χ0n) is 13.6. The van der Waals surface area contributed by atoms with Crippen LogP contribution in [0.15, 0.2) is 47.6 Å². The van der Waals surface area contributed by atoms with Crippen molar-refractivity contribution in [2.24, 2.45) is 10.8 Å². The molecule has 1 atom stereocenters. The zero-order valence-corrected chi connectivity index (χ0v) is 14.3. The molecule has 0 fully saturated rings. The number of hydrogen-bond acceptors (Lipinski definition) is 3. The Bertz CT molecular complexity index is 739. The van der Waals surface area contributed by atoms with Gasteiger partial charge in [0, 0.05) is 17.2 Å². The fourth-order valence-electron chi connectivity index (χ4n) is 3.08. The van der Waals surface area contributed by atoms with Crippen LogP contribution in [0.25, 0.3) is 0 Å². The lowest BCUT2D eigenvalue weighted by Gasteiger charge is -2.26. The fourth-order valence-corrected chi connectivity index (χ4v) is 3.35. The minimum atomic E-state index is 0.130. The molecule has 1 heterocycles. The first-order valence-electron chi connectivity index (χ1n) is 7.98. The van der Waals surface area contributed by atoms with E-state index in [1.165, 1.54) is 11.1 Å². The summed E-state index contributed by atoms with van der Waals surface area (Å²) < 4.78 is 0. The van der Waals surface area contributed by atoms with Crippen LogP contribution in [0.1, 0.15) is 35.6 Å². The summed E-state index contributed by atoms with van der Waals surface area (Å²) in [6.07, 6.45) is 1.69. The summed E-state index contributed by atoms with van der Waals surface area (Å²) in [6.45, 7) is 4.89. The third-order valence-corrected chi connectivity index (χ3v) is 4.84. The monoisotopic (exact) mass is 327 g/mol. The molecule has 0 saturated heterocycles. The first kappa shape index (κ1) is 16.0. The van der Waals surface area contributed by atoms with Crippen LogP contribution in [0.2, 0.25) is 5.02 Å². The van der Waals surface area contributed by atoms with Crippen LogP contribution < -0.4 is 10.7 Å². The Balaban J connectivity index is 2.05. The van der Waals surface area contributed by atoms with Gasteiger partial charge in [0.05, 0.1) is 11.7 Å². The van der Waals surface area contributed by atoms with E-state index in [9.17, 15) is 0 Å². The summed E-state index contributed by atoms with van der Waals surface area (Å²) in [6, 6.07) is 14.5. The van der Waals surface area contributed by atoms with E-state index in [1.807, 2.05) is 18.2 Å². The molecule has 0 aliphatic carbocycles. The molecule has 2 aromatic carbocycles. The normalized spacial score (nSPS) is 17.5. The molecule has 1 aliphatic rings. The van der Waals surface area contributed by atoms with Gasteiger partial charge in [0.15, 0.2) is 0 Å². The summed E-state index contributed by atoms with van der Waals surface area (Å²) in [7, 11) is 0. The molecule has 23 heavy (non-hydrogen) atoms. The number of hydrazone groups is 1. The van der Waals surface area contributed by atoms with Crippen molar-refractivity contribution in [1.29, 1.82) is 0 Å². The van der Waals surface area contributed by atoms with Crippen LogP contribution in [0.4, 0.5) is 5.69 Å². The SMILES string of the molecule is Cc1cccc(N2N=C(CCN)CC2c2ccccc2Cl)c1C. The molecular weight excluding hydrogens is 306 g/mol. The zero-order chi connectivity index (χ0) is 16.4. The topological polar surface area (TPSA) is 41.6 Å². The van der Waals surface area contributed by atoms with Gasteiger partial charge in [-0.3, -0.25) is 5.01 Å². The van der Waals surface area contributed by atoms with Crippen molar-refractivity contribution >= 4 is 23.0 Å². The molecule has 0 saturated carbocycles. The van der Waals surface area contributed by atoms with Crippen molar-refractivity contribution in [3.8, 4) is 0 Å². The molecule has 120 valence electrons. The molecule has 2 aromatic rings. The van der Waals surface area contributed by atoms with E-state index in [0.29, 0.717) is 6.54 Å². The second-order valence-electron chi connectivity index (χ2n) is 6.01. The third-order valence-electron chi connectivity index (χ3n) is 4.49. The lowest BCUT2D eigenvalue weighted by molar-refractivity contribution is 0.705. The van der Waals surface area contributed by atoms with E-state index < -0.39 is 0 Å². The summed E-state index contributed by atoms with van der Waals surface area (Å²) in [4.78, 5) is 0. The summed E-state index contributed by atoms with van der Waals surface area (Å²) in [5.74, 6) is 0. The number of anilines is 1. The molecule has 2 N–H and O–H groups in total. The Morgan fingerprint density at radius 2 is 1.96 bits per heavy atom. The highest BCUT2D eigenvalue weighted by Crippen LogP contribution is 2.40. The highest BCUT2D eigenvalue weighted by atomic mass is 35.5. The maximum absolute atomic E-state index is 6.45. The minimum absolute atomic E-state index is 0.130. The largest absolute Gasteiger partial charge is 0.330 e. The lowest BCUT2D eigenvalue weighted by Crippen LogP contribution is -2.20. The molecule has 0 aromatic heterocycles. The van der Waals surface area contributed by atoms with Gasteiger partial charge < -0.3 is 5.73 Å². The van der Waals surface area contributed by atoms with Gasteiger partial charge in [0.25, 0.3) is 0 Å². The van der Waals surface area contributed by atoms with E-state index in [4.69, 9.17) is 22.4 Å². The van der Waals surface area contributed by atoms with Crippen LogP contribution in [0.5, 0.6) is 0 Å². The van der Waals surface area contributed by atoms with Crippen molar-refractivity contribution in [3.63, 3.8) is 0 Å². The number of rotatable bonds is 4. The molecule has 4 heteroatoms. The number of nitrogens with two attached hydrogens (primary N) is 1. The van der Waals surface area contributed by atoms with Crippen LogP contribution in [-0.4, -0.2) is 12.3 Å².